The predicted molar refractivity (Wildman–Crippen MR) is 92.4 cm³/mol. The first-order valence-corrected chi connectivity index (χ1v) is 7.97. The molecule has 0 atom stereocenters. The van der Waals surface area contributed by atoms with Crippen LogP contribution in [0.25, 0.3) is 6.08 Å². The molecule has 0 aliphatic heterocycles. The number of esters is 1. The van der Waals surface area contributed by atoms with Crippen molar-refractivity contribution in [3.05, 3.63) is 47.9 Å². The summed E-state index contributed by atoms with van der Waals surface area (Å²) in [5.74, 6) is -0.244. The minimum Gasteiger partial charge on any atom is -0.494 e. The molecule has 0 saturated heterocycles. The average molecular weight is 344 g/mol. The summed E-state index contributed by atoms with van der Waals surface area (Å²) in [6, 6.07) is 7.30. The number of rotatable bonds is 8. The molecular weight excluding hydrogens is 324 g/mol. The summed E-state index contributed by atoms with van der Waals surface area (Å²) >= 11 is 0. The summed E-state index contributed by atoms with van der Waals surface area (Å²) in [4.78, 5) is 27.2. The second kappa shape index (κ2) is 9.27. The fraction of sp³-hybridized carbons (Fsp3) is 0.278. The van der Waals surface area contributed by atoms with Gasteiger partial charge in [-0.1, -0.05) is 19.1 Å². The van der Waals surface area contributed by atoms with E-state index in [1.807, 2.05) is 31.2 Å². The van der Waals surface area contributed by atoms with Crippen LogP contribution in [-0.4, -0.2) is 30.1 Å². The van der Waals surface area contributed by atoms with Gasteiger partial charge in [-0.15, -0.1) is 0 Å². The van der Waals surface area contributed by atoms with E-state index in [9.17, 15) is 9.59 Å². The van der Waals surface area contributed by atoms with Crippen molar-refractivity contribution in [3.8, 4) is 5.75 Å². The number of nitrogens with zero attached hydrogens (tertiary/aromatic N) is 1. The number of hydrogen-bond acceptors (Lipinski definition) is 6. The highest BCUT2D eigenvalue weighted by Gasteiger charge is 2.13. The van der Waals surface area contributed by atoms with E-state index in [1.165, 1.54) is 6.08 Å². The number of hydrogen-bond donors (Lipinski definition) is 1. The number of amides is 1. The fourth-order valence-corrected chi connectivity index (χ4v) is 1.84. The Morgan fingerprint density at radius 3 is 2.68 bits per heavy atom. The van der Waals surface area contributed by atoms with E-state index in [0.717, 1.165) is 24.0 Å². The van der Waals surface area contributed by atoms with Crippen molar-refractivity contribution in [2.24, 2.45) is 0 Å². The molecule has 25 heavy (non-hydrogen) atoms. The zero-order valence-electron chi connectivity index (χ0n) is 14.2. The number of carbonyl (C=O) groups excluding carboxylic acids is 2. The number of ether oxygens (including phenoxy) is 2. The number of aromatic nitrogens is 1. The SMILES string of the molecule is CCCOc1ccc(/C=C/C(=O)Nc2nc(C(=O)OCC)co2)cc1. The third kappa shape index (κ3) is 5.80. The molecule has 2 rings (SSSR count). The topological polar surface area (TPSA) is 90.7 Å². The van der Waals surface area contributed by atoms with Gasteiger partial charge in [-0.25, -0.2) is 4.79 Å². The number of oxazole rings is 1. The van der Waals surface area contributed by atoms with Crippen LogP contribution in [0.15, 0.2) is 41.0 Å². The van der Waals surface area contributed by atoms with Gasteiger partial charge in [0.2, 0.25) is 0 Å². The molecule has 1 aromatic heterocycles. The molecule has 0 aliphatic rings. The molecule has 7 nitrogen and oxygen atoms in total. The van der Waals surface area contributed by atoms with Crippen molar-refractivity contribution in [3.63, 3.8) is 0 Å². The van der Waals surface area contributed by atoms with Gasteiger partial charge in [0.25, 0.3) is 5.91 Å². The van der Waals surface area contributed by atoms with Crippen LogP contribution in [0.2, 0.25) is 0 Å². The van der Waals surface area contributed by atoms with E-state index in [4.69, 9.17) is 13.9 Å². The quantitative estimate of drug-likeness (QED) is 0.584. The van der Waals surface area contributed by atoms with Crippen LogP contribution in [0.3, 0.4) is 0 Å². The lowest BCUT2D eigenvalue weighted by atomic mass is 10.2. The standard InChI is InChI=1S/C18H20N2O5/c1-3-11-24-14-8-5-13(6-9-14)7-10-16(21)20-18-19-15(12-25-18)17(22)23-4-2/h5-10,12H,3-4,11H2,1-2H3,(H,19,20,21)/b10-7+. The first kappa shape index (κ1) is 18.3. The molecule has 7 heteroatoms. The van der Waals surface area contributed by atoms with Gasteiger partial charge in [0.1, 0.15) is 12.0 Å². The van der Waals surface area contributed by atoms with Crippen molar-refractivity contribution >= 4 is 24.0 Å². The lowest BCUT2D eigenvalue weighted by Gasteiger charge is -2.03. The maximum absolute atomic E-state index is 11.9. The zero-order chi connectivity index (χ0) is 18.1. The summed E-state index contributed by atoms with van der Waals surface area (Å²) in [5, 5.41) is 2.43. The van der Waals surface area contributed by atoms with Gasteiger partial charge in [-0.3, -0.25) is 10.1 Å². The Morgan fingerprint density at radius 1 is 1.24 bits per heavy atom. The smallest absolute Gasteiger partial charge is 0.360 e. The second-order valence-corrected chi connectivity index (χ2v) is 5.00. The lowest BCUT2D eigenvalue weighted by Crippen LogP contribution is -2.09. The van der Waals surface area contributed by atoms with Gasteiger partial charge in [-0.05, 0) is 37.1 Å². The van der Waals surface area contributed by atoms with E-state index in [2.05, 4.69) is 10.3 Å². The summed E-state index contributed by atoms with van der Waals surface area (Å²) in [6.45, 7) is 4.63. The van der Waals surface area contributed by atoms with Crippen LogP contribution >= 0.6 is 0 Å². The van der Waals surface area contributed by atoms with Crippen molar-refractivity contribution in [1.82, 2.24) is 4.98 Å². The molecule has 0 spiro atoms. The Balaban J connectivity index is 1.89. The summed E-state index contributed by atoms with van der Waals surface area (Å²) < 4.78 is 15.3. The van der Waals surface area contributed by atoms with E-state index in [0.29, 0.717) is 6.61 Å². The molecule has 0 radical (unpaired) electrons. The molecule has 0 bridgehead atoms. The van der Waals surface area contributed by atoms with Crippen molar-refractivity contribution in [2.45, 2.75) is 20.3 Å². The van der Waals surface area contributed by atoms with Crippen molar-refractivity contribution < 1.29 is 23.5 Å². The Morgan fingerprint density at radius 2 is 2.00 bits per heavy atom. The third-order valence-electron chi connectivity index (χ3n) is 3.00. The largest absolute Gasteiger partial charge is 0.494 e. The van der Waals surface area contributed by atoms with Crippen molar-refractivity contribution in [1.29, 1.82) is 0 Å². The third-order valence-corrected chi connectivity index (χ3v) is 3.00. The minimum absolute atomic E-state index is 0.00352. The molecule has 1 N–H and O–H groups in total. The lowest BCUT2D eigenvalue weighted by molar-refractivity contribution is -0.112. The van der Waals surface area contributed by atoms with Crippen LogP contribution in [0.1, 0.15) is 36.3 Å². The molecule has 0 aliphatic carbocycles. The van der Waals surface area contributed by atoms with Gasteiger partial charge in [-0.2, -0.15) is 4.98 Å². The highest BCUT2D eigenvalue weighted by Crippen LogP contribution is 2.14. The Bertz CT molecular complexity index is 734. The maximum atomic E-state index is 11.9. The monoisotopic (exact) mass is 344 g/mol. The first-order chi connectivity index (χ1) is 12.1. The van der Waals surface area contributed by atoms with Crippen LogP contribution in [0.4, 0.5) is 6.01 Å². The van der Waals surface area contributed by atoms with Crippen molar-refractivity contribution in [2.75, 3.05) is 18.5 Å². The Labute approximate surface area is 145 Å². The average Bonchev–Trinajstić information content (AvgIpc) is 3.08. The minimum atomic E-state index is -0.604. The number of benzene rings is 1. The van der Waals surface area contributed by atoms with Crippen LogP contribution < -0.4 is 10.1 Å². The van der Waals surface area contributed by atoms with Gasteiger partial charge in [0, 0.05) is 6.08 Å². The summed E-state index contributed by atoms with van der Waals surface area (Å²) in [6.07, 6.45) is 5.07. The fourth-order valence-electron chi connectivity index (χ4n) is 1.84. The molecule has 0 unspecified atom stereocenters. The molecule has 1 amide bonds. The zero-order valence-corrected chi connectivity index (χ0v) is 14.2. The molecule has 0 fully saturated rings. The highest BCUT2D eigenvalue weighted by atomic mass is 16.5. The number of nitrogens with one attached hydrogen (secondary N) is 1. The normalized spacial score (nSPS) is 10.6. The molecule has 0 saturated carbocycles. The molecule has 2 aromatic rings. The summed E-state index contributed by atoms with van der Waals surface area (Å²) in [7, 11) is 0. The predicted octanol–water partition coefficient (Wildman–Crippen LogP) is 3.29. The number of carbonyl (C=O) groups is 2. The molecule has 132 valence electrons. The van der Waals surface area contributed by atoms with Gasteiger partial charge in [0.05, 0.1) is 13.2 Å². The molecule has 1 heterocycles. The first-order valence-electron chi connectivity index (χ1n) is 7.97. The van der Waals surface area contributed by atoms with E-state index in [1.54, 1.807) is 13.0 Å². The van der Waals surface area contributed by atoms with E-state index >= 15 is 0 Å². The number of anilines is 1. The van der Waals surface area contributed by atoms with Crippen LogP contribution in [0, 0.1) is 0 Å². The van der Waals surface area contributed by atoms with E-state index in [-0.39, 0.29) is 18.3 Å². The van der Waals surface area contributed by atoms with Gasteiger partial charge in [0.15, 0.2) is 5.69 Å². The molecule has 1 aromatic carbocycles. The van der Waals surface area contributed by atoms with Crippen LogP contribution in [-0.2, 0) is 9.53 Å². The van der Waals surface area contributed by atoms with E-state index < -0.39 is 11.9 Å². The second-order valence-electron chi connectivity index (χ2n) is 5.00. The Kier molecular flexibility index (Phi) is 6.76. The highest BCUT2D eigenvalue weighted by molar-refractivity contribution is 6.01. The van der Waals surface area contributed by atoms with Crippen LogP contribution in [0.5, 0.6) is 5.75 Å². The Hall–Kier alpha value is -3.09. The van der Waals surface area contributed by atoms with Gasteiger partial charge >= 0.3 is 12.0 Å². The van der Waals surface area contributed by atoms with Gasteiger partial charge < -0.3 is 13.9 Å². The maximum Gasteiger partial charge on any atom is 0.360 e. The summed E-state index contributed by atoms with van der Waals surface area (Å²) in [5.41, 5.74) is 0.849. The molecular formula is C18H20N2O5.